The van der Waals surface area contributed by atoms with Gasteiger partial charge in [-0.15, -0.1) is 0 Å². The summed E-state index contributed by atoms with van der Waals surface area (Å²) in [6.07, 6.45) is 0. The molecule has 0 fully saturated rings. The molecule has 21 heavy (non-hydrogen) atoms. The number of hydrogen-bond acceptors (Lipinski definition) is 3. The first kappa shape index (κ1) is 16.2. The molecule has 0 spiro atoms. The van der Waals surface area contributed by atoms with E-state index in [1.54, 1.807) is 19.2 Å². The zero-order valence-corrected chi connectivity index (χ0v) is 15.0. The Morgan fingerprint density at radius 2 is 2.00 bits per heavy atom. The Balaban J connectivity index is 2.19. The number of nitrogens with one attached hydrogen (secondary N) is 1. The van der Waals surface area contributed by atoms with Crippen LogP contribution in [0, 0.1) is 11.3 Å². The second kappa shape index (κ2) is 7.17. The Morgan fingerprint density at radius 1 is 1.24 bits per heavy atom. The van der Waals surface area contributed by atoms with E-state index < -0.39 is 0 Å². The predicted molar refractivity (Wildman–Crippen MR) is 91.9 cm³/mol. The normalized spacial score (nSPS) is 10.0. The molecule has 0 aliphatic heterocycles. The molecule has 2 aromatic rings. The standard InChI is InChI=1S/C15H11Br2ClN2O/c1-21-15-6-14(11(16)5-12(15)17)20-8-10-3-2-9(7-19)4-13(10)18/h2-6,20H,8H2,1H3. The summed E-state index contributed by atoms with van der Waals surface area (Å²) in [6, 6.07) is 11.1. The van der Waals surface area contributed by atoms with Crippen molar-refractivity contribution in [3.63, 3.8) is 0 Å². The van der Waals surface area contributed by atoms with Crippen LogP contribution in [-0.4, -0.2) is 7.11 Å². The van der Waals surface area contributed by atoms with Crippen LogP contribution in [0.1, 0.15) is 11.1 Å². The fourth-order valence-electron chi connectivity index (χ4n) is 1.77. The van der Waals surface area contributed by atoms with E-state index in [0.29, 0.717) is 17.1 Å². The van der Waals surface area contributed by atoms with Gasteiger partial charge in [-0.25, -0.2) is 0 Å². The van der Waals surface area contributed by atoms with Crippen LogP contribution in [0.2, 0.25) is 5.02 Å². The van der Waals surface area contributed by atoms with Crippen LogP contribution in [0.3, 0.4) is 0 Å². The summed E-state index contributed by atoms with van der Waals surface area (Å²) in [7, 11) is 1.62. The van der Waals surface area contributed by atoms with E-state index in [1.807, 2.05) is 18.2 Å². The molecule has 0 aliphatic carbocycles. The van der Waals surface area contributed by atoms with E-state index in [1.165, 1.54) is 0 Å². The van der Waals surface area contributed by atoms with Gasteiger partial charge in [-0.3, -0.25) is 0 Å². The second-order valence-electron chi connectivity index (χ2n) is 4.24. The van der Waals surface area contributed by atoms with Crippen molar-refractivity contribution in [3.8, 4) is 11.8 Å². The number of methoxy groups -OCH3 is 1. The largest absolute Gasteiger partial charge is 0.495 e. The fourth-order valence-corrected chi connectivity index (χ4v) is 3.32. The van der Waals surface area contributed by atoms with Gasteiger partial charge in [-0.2, -0.15) is 5.26 Å². The Labute approximate surface area is 145 Å². The molecule has 2 aromatic carbocycles. The summed E-state index contributed by atoms with van der Waals surface area (Å²) in [5, 5.41) is 12.7. The average molecular weight is 431 g/mol. The molecular weight excluding hydrogens is 419 g/mol. The molecule has 0 saturated carbocycles. The van der Waals surface area contributed by atoms with E-state index in [-0.39, 0.29) is 0 Å². The lowest BCUT2D eigenvalue weighted by Gasteiger charge is -2.12. The van der Waals surface area contributed by atoms with Crippen molar-refractivity contribution in [1.82, 2.24) is 0 Å². The summed E-state index contributed by atoms with van der Waals surface area (Å²) in [6.45, 7) is 0.550. The van der Waals surface area contributed by atoms with E-state index in [4.69, 9.17) is 21.6 Å². The fraction of sp³-hybridized carbons (Fsp3) is 0.133. The van der Waals surface area contributed by atoms with E-state index in [0.717, 1.165) is 25.9 Å². The lowest BCUT2D eigenvalue weighted by atomic mass is 10.1. The molecule has 0 atom stereocenters. The number of anilines is 1. The Hall–Kier alpha value is -1.22. The average Bonchev–Trinajstić information content (AvgIpc) is 2.47. The van der Waals surface area contributed by atoms with E-state index in [9.17, 15) is 0 Å². The third kappa shape index (κ3) is 3.91. The number of ether oxygens (including phenoxy) is 1. The van der Waals surface area contributed by atoms with Gasteiger partial charge in [0.2, 0.25) is 0 Å². The predicted octanol–water partition coefficient (Wildman–Crippen LogP) is 5.36. The lowest BCUT2D eigenvalue weighted by molar-refractivity contribution is 0.412. The van der Waals surface area contributed by atoms with E-state index in [2.05, 4.69) is 43.2 Å². The molecule has 6 heteroatoms. The maximum Gasteiger partial charge on any atom is 0.135 e. The lowest BCUT2D eigenvalue weighted by Crippen LogP contribution is -2.01. The highest BCUT2D eigenvalue weighted by Crippen LogP contribution is 2.35. The molecule has 0 heterocycles. The molecule has 0 aliphatic rings. The molecule has 0 radical (unpaired) electrons. The molecule has 0 amide bonds. The second-order valence-corrected chi connectivity index (χ2v) is 6.35. The van der Waals surface area contributed by atoms with Crippen LogP contribution in [0.25, 0.3) is 0 Å². The van der Waals surface area contributed by atoms with Crippen LogP contribution in [0.5, 0.6) is 5.75 Å². The molecule has 0 aromatic heterocycles. The minimum Gasteiger partial charge on any atom is -0.495 e. The summed E-state index contributed by atoms with van der Waals surface area (Å²) in [5.41, 5.74) is 2.37. The first-order valence-electron chi connectivity index (χ1n) is 6.00. The third-order valence-electron chi connectivity index (χ3n) is 2.89. The topological polar surface area (TPSA) is 45.0 Å². The third-order valence-corrected chi connectivity index (χ3v) is 4.52. The maximum atomic E-state index is 8.83. The molecule has 0 bridgehead atoms. The number of hydrogen-bond donors (Lipinski definition) is 1. The van der Waals surface area contributed by atoms with Crippen molar-refractivity contribution in [2.45, 2.75) is 6.54 Å². The molecule has 2 rings (SSSR count). The van der Waals surface area contributed by atoms with Gasteiger partial charge in [0, 0.05) is 22.1 Å². The smallest absolute Gasteiger partial charge is 0.135 e. The number of nitriles is 1. The summed E-state index contributed by atoms with van der Waals surface area (Å²) >= 11 is 13.1. The SMILES string of the molecule is COc1cc(NCc2ccc(C#N)cc2Cl)c(Br)cc1Br. The van der Waals surface area contributed by atoms with Crippen molar-refractivity contribution in [1.29, 1.82) is 5.26 Å². The van der Waals surface area contributed by atoms with Crippen molar-refractivity contribution in [2.75, 3.05) is 12.4 Å². The van der Waals surface area contributed by atoms with Gasteiger partial charge in [0.25, 0.3) is 0 Å². The number of rotatable bonds is 4. The highest BCUT2D eigenvalue weighted by Gasteiger charge is 2.08. The van der Waals surface area contributed by atoms with Crippen LogP contribution >= 0.6 is 43.5 Å². The summed E-state index contributed by atoms with van der Waals surface area (Å²) in [4.78, 5) is 0. The van der Waals surface area contributed by atoms with Gasteiger partial charge < -0.3 is 10.1 Å². The quantitative estimate of drug-likeness (QED) is 0.711. The van der Waals surface area contributed by atoms with Crippen molar-refractivity contribution < 1.29 is 4.74 Å². The Bertz CT molecular complexity index is 714. The van der Waals surface area contributed by atoms with Gasteiger partial charge in [0.05, 0.1) is 28.9 Å². The maximum absolute atomic E-state index is 8.83. The zero-order valence-electron chi connectivity index (χ0n) is 11.1. The number of halogens is 3. The van der Waals surface area contributed by atoms with E-state index >= 15 is 0 Å². The Kier molecular flexibility index (Phi) is 5.51. The van der Waals surface area contributed by atoms with Gasteiger partial charge in [0.1, 0.15) is 5.75 Å². The minimum atomic E-state index is 0.550. The number of nitrogens with zero attached hydrogens (tertiary/aromatic N) is 1. The minimum absolute atomic E-state index is 0.550. The monoisotopic (exact) mass is 428 g/mol. The van der Waals surface area contributed by atoms with Crippen molar-refractivity contribution in [2.24, 2.45) is 0 Å². The first-order valence-corrected chi connectivity index (χ1v) is 7.97. The van der Waals surface area contributed by atoms with Crippen LogP contribution in [0.15, 0.2) is 39.3 Å². The molecule has 1 N–H and O–H groups in total. The molecule has 3 nitrogen and oxygen atoms in total. The zero-order chi connectivity index (χ0) is 15.4. The molecule has 0 unspecified atom stereocenters. The van der Waals surface area contributed by atoms with Crippen molar-refractivity contribution >= 4 is 49.1 Å². The van der Waals surface area contributed by atoms with Crippen LogP contribution in [-0.2, 0) is 6.54 Å². The number of benzene rings is 2. The van der Waals surface area contributed by atoms with Crippen LogP contribution in [0.4, 0.5) is 5.69 Å². The van der Waals surface area contributed by atoms with Gasteiger partial charge in [0.15, 0.2) is 0 Å². The highest BCUT2D eigenvalue weighted by atomic mass is 79.9. The molecular formula is C15H11Br2ClN2O. The van der Waals surface area contributed by atoms with Crippen molar-refractivity contribution in [3.05, 3.63) is 55.4 Å². The van der Waals surface area contributed by atoms with Crippen LogP contribution < -0.4 is 10.1 Å². The summed E-state index contributed by atoms with van der Waals surface area (Å²) < 4.78 is 7.07. The molecule has 0 saturated heterocycles. The van der Waals surface area contributed by atoms with Gasteiger partial charge in [-0.1, -0.05) is 17.7 Å². The van der Waals surface area contributed by atoms with Gasteiger partial charge in [-0.05, 0) is 55.6 Å². The Morgan fingerprint density at radius 3 is 2.62 bits per heavy atom. The summed E-state index contributed by atoms with van der Waals surface area (Å²) in [5.74, 6) is 0.742. The molecule has 108 valence electrons. The highest BCUT2D eigenvalue weighted by molar-refractivity contribution is 9.11. The van der Waals surface area contributed by atoms with Gasteiger partial charge >= 0.3 is 0 Å². The first-order chi connectivity index (χ1) is 10.0.